The number of nitrogens with one attached hydrogen (secondary N) is 1. The highest BCUT2D eigenvalue weighted by molar-refractivity contribution is 8.00. The molecule has 1 unspecified atom stereocenters. The van der Waals surface area contributed by atoms with Crippen LogP contribution in [-0.4, -0.2) is 32.5 Å². The normalized spacial score (nSPS) is 12.6. The molecule has 0 saturated carbocycles. The van der Waals surface area contributed by atoms with Crippen LogP contribution in [-0.2, 0) is 11.3 Å². The average molecular weight is 336 g/mol. The molecular formula is C16H24N4O2S. The number of carbonyl (C=O) groups excluding carboxylic acids is 1. The summed E-state index contributed by atoms with van der Waals surface area (Å²) in [6.07, 6.45) is 2.60. The van der Waals surface area contributed by atoms with Crippen molar-refractivity contribution in [2.24, 2.45) is 5.92 Å². The highest BCUT2D eigenvalue weighted by Gasteiger charge is 2.20. The Morgan fingerprint density at radius 1 is 1.39 bits per heavy atom. The number of furan rings is 1. The van der Waals surface area contributed by atoms with Crippen LogP contribution in [0.4, 0.5) is 0 Å². The van der Waals surface area contributed by atoms with E-state index in [0.717, 1.165) is 11.6 Å². The highest BCUT2D eigenvalue weighted by Crippen LogP contribution is 2.26. The Balaban J connectivity index is 2.01. The van der Waals surface area contributed by atoms with Crippen LogP contribution in [0.25, 0.3) is 11.6 Å². The van der Waals surface area contributed by atoms with Crippen LogP contribution in [0.15, 0.2) is 28.0 Å². The van der Waals surface area contributed by atoms with Gasteiger partial charge in [0.2, 0.25) is 5.91 Å². The molecule has 0 spiro atoms. The van der Waals surface area contributed by atoms with E-state index < -0.39 is 0 Å². The summed E-state index contributed by atoms with van der Waals surface area (Å²) in [6.45, 7) is 9.62. The molecule has 0 radical (unpaired) electrons. The third kappa shape index (κ3) is 4.60. The van der Waals surface area contributed by atoms with E-state index in [-0.39, 0.29) is 11.2 Å². The fourth-order valence-corrected chi connectivity index (χ4v) is 3.03. The first kappa shape index (κ1) is 17.6. The molecule has 0 aliphatic heterocycles. The molecule has 2 aromatic rings. The minimum Gasteiger partial charge on any atom is -0.461 e. The van der Waals surface area contributed by atoms with Crippen LogP contribution in [0.1, 0.15) is 34.1 Å². The van der Waals surface area contributed by atoms with Crippen molar-refractivity contribution >= 4 is 17.7 Å². The molecular weight excluding hydrogens is 312 g/mol. The summed E-state index contributed by atoms with van der Waals surface area (Å²) >= 11 is 1.42. The van der Waals surface area contributed by atoms with Gasteiger partial charge in [-0.25, -0.2) is 0 Å². The summed E-state index contributed by atoms with van der Waals surface area (Å²) in [5.41, 5.74) is 0. The molecule has 2 aromatic heterocycles. The minimum absolute atomic E-state index is 0.0286. The number of amides is 1. The molecule has 0 fully saturated rings. The summed E-state index contributed by atoms with van der Waals surface area (Å²) in [5.74, 6) is 1.98. The van der Waals surface area contributed by atoms with E-state index in [1.54, 1.807) is 6.26 Å². The lowest BCUT2D eigenvalue weighted by Gasteiger charge is -2.13. The van der Waals surface area contributed by atoms with Gasteiger partial charge in [-0.15, -0.1) is 10.2 Å². The van der Waals surface area contributed by atoms with Gasteiger partial charge in [0, 0.05) is 13.1 Å². The van der Waals surface area contributed by atoms with Crippen LogP contribution in [0.3, 0.4) is 0 Å². The number of hydrogen-bond acceptors (Lipinski definition) is 5. The Morgan fingerprint density at radius 2 is 2.17 bits per heavy atom. The predicted octanol–water partition coefficient (Wildman–Crippen LogP) is 3.20. The average Bonchev–Trinajstić information content (AvgIpc) is 3.15. The lowest BCUT2D eigenvalue weighted by atomic mass is 10.1. The number of rotatable bonds is 8. The Hall–Kier alpha value is -1.76. The second-order valence-electron chi connectivity index (χ2n) is 5.76. The fraction of sp³-hybridized carbons (Fsp3) is 0.562. The van der Waals surface area contributed by atoms with Crippen LogP contribution >= 0.6 is 11.8 Å². The number of aromatic nitrogens is 3. The van der Waals surface area contributed by atoms with E-state index in [0.29, 0.717) is 30.6 Å². The van der Waals surface area contributed by atoms with Gasteiger partial charge in [0.05, 0.1) is 11.5 Å². The summed E-state index contributed by atoms with van der Waals surface area (Å²) in [6, 6.07) is 3.67. The van der Waals surface area contributed by atoms with Crippen LogP contribution < -0.4 is 5.32 Å². The predicted molar refractivity (Wildman–Crippen MR) is 91.2 cm³/mol. The van der Waals surface area contributed by atoms with Gasteiger partial charge in [-0.05, 0) is 38.3 Å². The van der Waals surface area contributed by atoms with Crippen molar-refractivity contribution < 1.29 is 9.21 Å². The third-order valence-corrected chi connectivity index (χ3v) is 4.53. The van der Waals surface area contributed by atoms with Gasteiger partial charge in [-0.3, -0.25) is 9.36 Å². The number of carbonyl (C=O) groups is 1. The van der Waals surface area contributed by atoms with Gasteiger partial charge in [0.15, 0.2) is 16.7 Å². The van der Waals surface area contributed by atoms with E-state index in [4.69, 9.17) is 4.42 Å². The molecule has 0 aromatic carbocycles. The van der Waals surface area contributed by atoms with Crippen molar-refractivity contribution in [1.29, 1.82) is 0 Å². The van der Waals surface area contributed by atoms with Gasteiger partial charge in [0.1, 0.15) is 0 Å². The summed E-state index contributed by atoms with van der Waals surface area (Å²) in [7, 11) is 0. The number of thioether (sulfide) groups is 1. The smallest absolute Gasteiger partial charge is 0.233 e. The van der Waals surface area contributed by atoms with Crippen molar-refractivity contribution in [1.82, 2.24) is 20.1 Å². The maximum Gasteiger partial charge on any atom is 0.233 e. The zero-order chi connectivity index (χ0) is 16.8. The minimum atomic E-state index is -0.221. The van der Waals surface area contributed by atoms with Gasteiger partial charge in [-0.2, -0.15) is 0 Å². The van der Waals surface area contributed by atoms with Gasteiger partial charge in [0.25, 0.3) is 0 Å². The maximum atomic E-state index is 12.2. The van der Waals surface area contributed by atoms with Gasteiger partial charge < -0.3 is 9.73 Å². The summed E-state index contributed by atoms with van der Waals surface area (Å²) < 4.78 is 7.35. The number of nitrogens with zero attached hydrogens (tertiary/aromatic N) is 3. The summed E-state index contributed by atoms with van der Waals surface area (Å²) in [4.78, 5) is 12.2. The third-order valence-electron chi connectivity index (χ3n) is 3.45. The van der Waals surface area contributed by atoms with E-state index in [2.05, 4.69) is 29.4 Å². The van der Waals surface area contributed by atoms with Crippen LogP contribution in [0.5, 0.6) is 0 Å². The molecule has 7 heteroatoms. The van der Waals surface area contributed by atoms with Crippen molar-refractivity contribution in [2.75, 3.05) is 6.54 Å². The first-order valence-electron chi connectivity index (χ1n) is 7.94. The molecule has 126 valence electrons. The SMILES string of the molecule is CCn1c(SC(C)C(=O)NCCC(C)C)nnc1-c1ccco1. The molecule has 1 amide bonds. The molecule has 23 heavy (non-hydrogen) atoms. The van der Waals surface area contributed by atoms with E-state index >= 15 is 0 Å². The molecule has 0 bridgehead atoms. The molecule has 6 nitrogen and oxygen atoms in total. The summed E-state index contributed by atoms with van der Waals surface area (Å²) in [5, 5.41) is 11.9. The monoisotopic (exact) mass is 336 g/mol. The van der Waals surface area contributed by atoms with Crippen molar-refractivity contribution in [3.63, 3.8) is 0 Å². The Bertz CT molecular complexity index is 622. The fourth-order valence-electron chi connectivity index (χ4n) is 2.09. The van der Waals surface area contributed by atoms with E-state index in [1.807, 2.05) is 30.5 Å². The first-order valence-corrected chi connectivity index (χ1v) is 8.82. The second-order valence-corrected chi connectivity index (χ2v) is 7.07. The Labute approximate surface area is 141 Å². The lowest BCUT2D eigenvalue weighted by Crippen LogP contribution is -2.32. The first-order chi connectivity index (χ1) is 11.0. The van der Waals surface area contributed by atoms with Crippen LogP contribution in [0.2, 0.25) is 0 Å². The van der Waals surface area contributed by atoms with Gasteiger partial charge in [-0.1, -0.05) is 25.6 Å². The van der Waals surface area contributed by atoms with Crippen LogP contribution in [0, 0.1) is 5.92 Å². The standard InChI is InChI=1S/C16H24N4O2S/c1-5-20-14(13-7-6-10-22-13)18-19-16(20)23-12(4)15(21)17-9-8-11(2)3/h6-7,10-12H,5,8-9H2,1-4H3,(H,17,21). The molecule has 1 N–H and O–H groups in total. The molecule has 0 aliphatic carbocycles. The second kappa shape index (κ2) is 8.19. The maximum absolute atomic E-state index is 12.2. The largest absolute Gasteiger partial charge is 0.461 e. The number of hydrogen-bond donors (Lipinski definition) is 1. The Morgan fingerprint density at radius 3 is 2.78 bits per heavy atom. The van der Waals surface area contributed by atoms with E-state index in [1.165, 1.54) is 11.8 Å². The van der Waals surface area contributed by atoms with Crippen molar-refractivity contribution in [2.45, 2.75) is 51.1 Å². The van der Waals surface area contributed by atoms with E-state index in [9.17, 15) is 4.79 Å². The zero-order valence-corrected chi connectivity index (χ0v) is 14.9. The lowest BCUT2D eigenvalue weighted by molar-refractivity contribution is -0.120. The molecule has 0 saturated heterocycles. The molecule has 0 aliphatic rings. The Kier molecular flexibility index (Phi) is 6.27. The quantitative estimate of drug-likeness (QED) is 0.749. The zero-order valence-electron chi connectivity index (χ0n) is 14.1. The van der Waals surface area contributed by atoms with Gasteiger partial charge >= 0.3 is 0 Å². The molecule has 2 heterocycles. The van der Waals surface area contributed by atoms with Crippen molar-refractivity contribution in [3.05, 3.63) is 18.4 Å². The molecule has 1 atom stereocenters. The van der Waals surface area contributed by atoms with Crippen molar-refractivity contribution in [3.8, 4) is 11.6 Å². The highest BCUT2D eigenvalue weighted by atomic mass is 32.2. The molecule has 2 rings (SSSR count). The topological polar surface area (TPSA) is 73.0 Å².